The van der Waals surface area contributed by atoms with E-state index in [4.69, 9.17) is 8.83 Å². The maximum Gasteiger partial charge on any atom is 0.147 e. The lowest BCUT2D eigenvalue weighted by Gasteiger charge is -2.24. The normalized spacial score (nSPS) is 13.0. The summed E-state index contributed by atoms with van der Waals surface area (Å²) in [7, 11) is 0. The Morgan fingerprint density at radius 2 is 1.00 bits per heavy atom. The molecule has 0 bridgehead atoms. The highest BCUT2D eigenvalue weighted by molar-refractivity contribution is 6.25. The lowest BCUT2D eigenvalue weighted by atomic mass is 9.79. The van der Waals surface area contributed by atoms with Crippen LogP contribution in [0, 0.1) is 0 Å². The van der Waals surface area contributed by atoms with Gasteiger partial charge in [-0.3, -0.25) is 0 Å². The minimum atomic E-state index is 0.880. The fraction of sp³-hybridized carbons (Fsp3) is 0.0417. The summed E-state index contributed by atoms with van der Waals surface area (Å²) in [6.07, 6.45) is 6.59. The van der Waals surface area contributed by atoms with Crippen molar-refractivity contribution in [1.82, 2.24) is 0 Å². The van der Waals surface area contributed by atoms with Crippen LogP contribution in [0.4, 0.5) is 0 Å². The standard InChI is InChI=1S/C48H30O2/c1-2-13-30-26-32(25-24-29(30)12-1)31-14-11-15-33(27-31)44-36-18-3-5-20-38(36)45(39-21-6-4-19-37(39)44)46-47-40(34-16-7-9-22-42(34)49-47)28-41-35-17-8-10-23-43(35)50-48(41)46/h1-5,7-20,22-28H,6,21H2. The van der Waals surface area contributed by atoms with Gasteiger partial charge in [0.1, 0.15) is 22.3 Å². The molecule has 50 heavy (non-hydrogen) atoms. The average Bonchev–Trinajstić information content (AvgIpc) is 3.74. The highest BCUT2D eigenvalue weighted by atomic mass is 16.3. The quantitative estimate of drug-likeness (QED) is 0.192. The first-order valence-electron chi connectivity index (χ1n) is 17.4. The molecule has 0 N–H and O–H groups in total. The summed E-state index contributed by atoms with van der Waals surface area (Å²) >= 11 is 0. The largest absolute Gasteiger partial charge is 0.455 e. The van der Waals surface area contributed by atoms with Gasteiger partial charge in [-0.05, 0) is 98.1 Å². The first-order chi connectivity index (χ1) is 24.8. The molecule has 1 aliphatic carbocycles. The molecule has 2 heterocycles. The number of para-hydroxylation sites is 2. The molecule has 0 saturated heterocycles. The zero-order valence-corrected chi connectivity index (χ0v) is 27.2. The van der Waals surface area contributed by atoms with Gasteiger partial charge < -0.3 is 8.83 Å². The van der Waals surface area contributed by atoms with E-state index in [0.29, 0.717) is 0 Å². The number of benzene rings is 8. The van der Waals surface area contributed by atoms with Crippen LogP contribution in [0.15, 0.2) is 161 Å². The maximum absolute atomic E-state index is 6.81. The van der Waals surface area contributed by atoms with Gasteiger partial charge in [-0.15, -0.1) is 0 Å². The third-order valence-corrected chi connectivity index (χ3v) is 10.7. The van der Waals surface area contributed by atoms with Gasteiger partial charge in [-0.1, -0.05) is 127 Å². The second-order valence-corrected chi connectivity index (χ2v) is 13.5. The van der Waals surface area contributed by atoms with Crippen LogP contribution in [0.1, 0.15) is 17.5 Å². The highest BCUT2D eigenvalue weighted by Gasteiger charge is 2.28. The summed E-state index contributed by atoms with van der Waals surface area (Å²) in [4.78, 5) is 0. The predicted octanol–water partition coefficient (Wildman–Crippen LogP) is 13.8. The molecular weight excluding hydrogens is 609 g/mol. The van der Waals surface area contributed by atoms with E-state index in [1.54, 1.807) is 0 Å². The molecule has 0 unspecified atom stereocenters. The Labute approximate surface area is 288 Å². The number of furan rings is 2. The minimum Gasteiger partial charge on any atom is -0.455 e. The average molecular weight is 639 g/mol. The van der Waals surface area contributed by atoms with Gasteiger partial charge in [0, 0.05) is 27.1 Å². The molecule has 0 aliphatic heterocycles. The smallest absolute Gasteiger partial charge is 0.147 e. The topological polar surface area (TPSA) is 26.3 Å². The summed E-state index contributed by atoms with van der Waals surface area (Å²) in [6.45, 7) is 0. The Kier molecular flexibility index (Phi) is 5.82. The Hall–Kier alpha value is -6.38. The highest BCUT2D eigenvalue weighted by Crippen LogP contribution is 2.51. The SMILES string of the molecule is C1=Cc2c(c(-c3c4oc5ccccc5c4cc4c3oc3ccccc34)c3ccccc3c2-c2cccc(-c3ccc4ccccc4c3)c2)CC1. The van der Waals surface area contributed by atoms with E-state index in [0.717, 1.165) is 62.3 Å². The number of fused-ring (bicyclic) bond motifs is 9. The van der Waals surface area contributed by atoms with Gasteiger partial charge in [-0.2, -0.15) is 0 Å². The van der Waals surface area contributed by atoms with Gasteiger partial charge >= 0.3 is 0 Å². The van der Waals surface area contributed by atoms with Crippen molar-refractivity contribution >= 4 is 71.5 Å². The summed E-state index contributed by atoms with van der Waals surface area (Å²) < 4.78 is 13.6. The molecule has 2 aromatic heterocycles. The summed E-state index contributed by atoms with van der Waals surface area (Å²) in [5.41, 5.74) is 13.3. The molecule has 0 spiro atoms. The van der Waals surface area contributed by atoms with Crippen LogP contribution in [0.25, 0.3) is 105 Å². The monoisotopic (exact) mass is 638 g/mol. The van der Waals surface area contributed by atoms with Crippen molar-refractivity contribution in [2.24, 2.45) is 0 Å². The van der Waals surface area contributed by atoms with Gasteiger partial charge in [0.25, 0.3) is 0 Å². The van der Waals surface area contributed by atoms with Crippen LogP contribution < -0.4 is 0 Å². The minimum absolute atomic E-state index is 0.880. The summed E-state index contributed by atoms with van der Waals surface area (Å²) in [5.74, 6) is 0. The van der Waals surface area contributed by atoms with Gasteiger partial charge in [-0.25, -0.2) is 0 Å². The zero-order chi connectivity index (χ0) is 32.8. The van der Waals surface area contributed by atoms with Crippen LogP contribution in [0.2, 0.25) is 0 Å². The lowest BCUT2D eigenvalue weighted by Crippen LogP contribution is -2.03. The first kappa shape index (κ1) is 27.6. The van der Waals surface area contributed by atoms with E-state index in [1.807, 2.05) is 12.1 Å². The number of rotatable bonds is 3. The second-order valence-electron chi connectivity index (χ2n) is 13.5. The zero-order valence-electron chi connectivity index (χ0n) is 27.2. The molecular formula is C48H30O2. The van der Waals surface area contributed by atoms with Crippen LogP contribution in [0.5, 0.6) is 0 Å². The number of hydrogen-bond acceptors (Lipinski definition) is 2. The molecule has 8 aromatic carbocycles. The molecule has 10 aromatic rings. The molecule has 11 rings (SSSR count). The fourth-order valence-corrected chi connectivity index (χ4v) is 8.47. The van der Waals surface area contributed by atoms with Crippen molar-refractivity contribution in [3.8, 4) is 33.4 Å². The Morgan fingerprint density at radius 1 is 0.400 bits per heavy atom. The Bertz CT molecular complexity index is 2950. The van der Waals surface area contributed by atoms with Gasteiger partial charge in [0.15, 0.2) is 0 Å². The Morgan fingerprint density at radius 3 is 1.74 bits per heavy atom. The van der Waals surface area contributed by atoms with E-state index in [-0.39, 0.29) is 0 Å². The lowest BCUT2D eigenvalue weighted by molar-refractivity contribution is 0.658. The summed E-state index contributed by atoms with van der Waals surface area (Å²) in [5, 5.41) is 9.42. The van der Waals surface area contributed by atoms with Crippen molar-refractivity contribution in [2.45, 2.75) is 12.8 Å². The predicted molar refractivity (Wildman–Crippen MR) is 210 cm³/mol. The van der Waals surface area contributed by atoms with Crippen molar-refractivity contribution < 1.29 is 8.83 Å². The van der Waals surface area contributed by atoms with Crippen molar-refractivity contribution in [3.05, 3.63) is 163 Å². The molecule has 0 fully saturated rings. The van der Waals surface area contributed by atoms with E-state index in [9.17, 15) is 0 Å². The summed E-state index contributed by atoms with van der Waals surface area (Å²) in [6, 6.07) is 52.4. The van der Waals surface area contributed by atoms with Crippen molar-refractivity contribution in [1.29, 1.82) is 0 Å². The first-order valence-corrected chi connectivity index (χ1v) is 17.4. The van der Waals surface area contributed by atoms with Gasteiger partial charge in [0.05, 0.1) is 5.56 Å². The third-order valence-electron chi connectivity index (χ3n) is 10.7. The van der Waals surface area contributed by atoms with Gasteiger partial charge in [0.2, 0.25) is 0 Å². The molecule has 0 amide bonds. The number of hydrogen-bond donors (Lipinski definition) is 0. The fourth-order valence-electron chi connectivity index (χ4n) is 8.47. The molecule has 0 atom stereocenters. The number of allylic oxidation sites excluding steroid dienone is 1. The van der Waals surface area contributed by atoms with Crippen LogP contribution in [-0.2, 0) is 6.42 Å². The van der Waals surface area contributed by atoms with Crippen LogP contribution in [0.3, 0.4) is 0 Å². The molecule has 2 nitrogen and oxygen atoms in total. The molecule has 2 heteroatoms. The van der Waals surface area contributed by atoms with E-state index in [1.165, 1.54) is 60.5 Å². The molecule has 0 radical (unpaired) electrons. The molecule has 0 saturated carbocycles. The van der Waals surface area contributed by atoms with E-state index >= 15 is 0 Å². The van der Waals surface area contributed by atoms with Crippen LogP contribution >= 0.6 is 0 Å². The molecule has 1 aliphatic rings. The van der Waals surface area contributed by atoms with E-state index in [2.05, 4.69) is 146 Å². The second kappa shape index (κ2) is 10.6. The Balaban J connectivity index is 1.24. The van der Waals surface area contributed by atoms with Crippen molar-refractivity contribution in [3.63, 3.8) is 0 Å². The molecule has 234 valence electrons. The van der Waals surface area contributed by atoms with Crippen molar-refractivity contribution in [2.75, 3.05) is 0 Å². The third kappa shape index (κ3) is 3.96. The van der Waals surface area contributed by atoms with E-state index < -0.39 is 0 Å². The van der Waals surface area contributed by atoms with Crippen LogP contribution in [-0.4, -0.2) is 0 Å². The maximum atomic E-state index is 6.81.